The van der Waals surface area contributed by atoms with E-state index in [2.05, 4.69) is 24.1 Å². The van der Waals surface area contributed by atoms with Crippen LogP contribution in [0.1, 0.15) is 33.1 Å². The molecule has 1 aliphatic rings. The average molecular weight is 156 g/mol. The van der Waals surface area contributed by atoms with Crippen LogP contribution in [0, 0.1) is 0 Å². The molecule has 1 fully saturated rings. The highest BCUT2D eigenvalue weighted by Gasteiger charge is 2.18. The van der Waals surface area contributed by atoms with Crippen molar-refractivity contribution in [2.45, 2.75) is 39.3 Å². The van der Waals surface area contributed by atoms with Crippen molar-refractivity contribution in [3.05, 3.63) is 0 Å². The molecule has 2 heteroatoms. The quantitative estimate of drug-likeness (QED) is 0.665. The number of nitrogens with one attached hydrogen (secondary N) is 1. The third-order valence-corrected chi connectivity index (χ3v) is 2.41. The van der Waals surface area contributed by atoms with Gasteiger partial charge >= 0.3 is 0 Å². The third-order valence-electron chi connectivity index (χ3n) is 2.41. The second-order valence-corrected chi connectivity index (χ2v) is 3.24. The van der Waals surface area contributed by atoms with Gasteiger partial charge in [-0.1, -0.05) is 20.3 Å². The Labute approximate surface area is 70.0 Å². The first-order valence-electron chi connectivity index (χ1n) is 4.86. The summed E-state index contributed by atoms with van der Waals surface area (Å²) in [5, 5.41) is 3.55. The highest BCUT2D eigenvalue weighted by Crippen LogP contribution is 2.08. The molecule has 0 aromatic heterocycles. The molecule has 0 aromatic rings. The normalized spacial score (nSPS) is 27.3. The summed E-state index contributed by atoms with van der Waals surface area (Å²) in [6.45, 7) is 8.19. The molecule has 11 heavy (non-hydrogen) atoms. The van der Waals surface area contributed by atoms with Crippen molar-refractivity contribution in [1.82, 2.24) is 10.2 Å². The van der Waals surface area contributed by atoms with Gasteiger partial charge < -0.3 is 5.32 Å². The fourth-order valence-corrected chi connectivity index (χ4v) is 1.77. The van der Waals surface area contributed by atoms with E-state index in [-0.39, 0.29) is 0 Å². The molecule has 0 radical (unpaired) electrons. The Morgan fingerprint density at radius 3 is 2.91 bits per heavy atom. The second-order valence-electron chi connectivity index (χ2n) is 3.24. The van der Waals surface area contributed by atoms with E-state index in [9.17, 15) is 0 Å². The maximum atomic E-state index is 3.55. The van der Waals surface area contributed by atoms with Crippen LogP contribution in [-0.2, 0) is 0 Å². The van der Waals surface area contributed by atoms with E-state index in [1.165, 1.54) is 38.9 Å². The van der Waals surface area contributed by atoms with Crippen molar-refractivity contribution in [1.29, 1.82) is 0 Å². The largest absolute Gasteiger partial charge is 0.302 e. The summed E-state index contributed by atoms with van der Waals surface area (Å²) in [6, 6.07) is 0. The van der Waals surface area contributed by atoms with Crippen LogP contribution in [0.5, 0.6) is 0 Å². The van der Waals surface area contributed by atoms with E-state index in [1.807, 2.05) is 0 Å². The lowest BCUT2D eigenvalue weighted by molar-refractivity contribution is 0.129. The molecule has 66 valence electrons. The molecule has 1 unspecified atom stereocenters. The lowest BCUT2D eigenvalue weighted by Gasteiger charge is -2.35. The Morgan fingerprint density at radius 2 is 2.27 bits per heavy atom. The third kappa shape index (κ3) is 2.46. The summed E-state index contributed by atoms with van der Waals surface area (Å²) < 4.78 is 0. The molecule has 0 saturated carbocycles. The van der Waals surface area contributed by atoms with Crippen LogP contribution in [0.4, 0.5) is 0 Å². The van der Waals surface area contributed by atoms with Crippen molar-refractivity contribution in [2.24, 2.45) is 0 Å². The molecule has 1 saturated heterocycles. The van der Waals surface area contributed by atoms with E-state index in [1.54, 1.807) is 0 Å². The first-order chi connectivity index (χ1) is 5.38. The van der Waals surface area contributed by atoms with Crippen LogP contribution in [-0.4, -0.2) is 30.7 Å². The molecule has 0 aromatic carbocycles. The molecule has 2 nitrogen and oxygen atoms in total. The molecule has 0 spiro atoms. The molecule has 1 heterocycles. The Morgan fingerprint density at radius 1 is 1.45 bits per heavy atom. The first kappa shape index (κ1) is 9.01. The SMILES string of the molecule is CCCC1NCCCN1CC. The number of rotatable bonds is 3. The molecular formula is C9H20N2. The maximum Gasteiger partial charge on any atom is 0.0596 e. The van der Waals surface area contributed by atoms with Crippen molar-refractivity contribution in [3.63, 3.8) is 0 Å². The van der Waals surface area contributed by atoms with Crippen molar-refractivity contribution in [3.8, 4) is 0 Å². The van der Waals surface area contributed by atoms with E-state index in [0.717, 1.165) is 0 Å². The van der Waals surface area contributed by atoms with Crippen LogP contribution in [0.15, 0.2) is 0 Å². The van der Waals surface area contributed by atoms with Gasteiger partial charge in [-0.05, 0) is 25.9 Å². The van der Waals surface area contributed by atoms with Gasteiger partial charge in [0.05, 0.1) is 6.17 Å². The Hall–Kier alpha value is -0.0800. The van der Waals surface area contributed by atoms with Crippen molar-refractivity contribution < 1.29 is 0 Å². The van der Waals surface area contributed by atoms with Crippen LogP contribution < -0.4 is 5.32 Å². The van der Waals surface area contributed by atoms with E-state index < -0.39 is 0 Å². The summed E-state index contributed by atoms with van der Waals surface area (Å²) in [6.07, 6.45) is 4.56. The topological polar surface area (TPSA) is 15.3 Å². The minimum Gasteiger partial charge on any atom is -0.302 e. The summed E-state index contributed by atoms with van der Waals surface area (Å²) in [4.78, 5) is 2.53. The molecule has 1 aliphatic heterocycles. The Balaban J connectivity index is 2.31. The molecule has 1 atom stereocenters. The van der Waals surface area contributed by atoms with Crippen LogP contribution in [0.25, 0.3) is 0 Å². The van der Waals surface area contributed by atoms with Gasteiger partial charge in [0.25, 0.3) is 0 Å². The smallest absolute Gasteiger partial charge is 0.0596 e. The van der Waals surface area contributed by atoms with Gasteiger partial charge in [-0.3, -0.25) is 4.90 Å². The lowest BCUT2D eigenvalue weighted by atomic mass is 10.2. The van der Waals surface area contributed by atoms with Gasteiger partial charge in [0.2, 0.25) is 0 Å². The van der Waals surface area contributed by atoms with E-state index in [0.29, 0.717) is 6.17 Å². The van der Waals surface area contributed by atoms with Gasteiger partial charge in [0.15, 0.2) is 0 Å². The molecule has 1 N–H and O–H groups in total. The molecule has 1 rings (SSSR count). The highest BCUT2D eigenvalue weighted by atomic mass is 15.3. The van der Waals surface area contributed by atoms with Gasteiger partial charge in [-0.2, -0.15) is 0 Å². The molecule has 0 aliphatic carbocycles. The van der Waals surface area contributed by atoms with Crippen molar-refractivity contribution >= 4 is 0 Å². The molecular weight excluding hydrogens is 136 g/mol. The van der Waals surface area contributed by atoms with E-state index >= 15 is 0 Å². The van der Waals surface area contributed by atoms with Gasteiger partial charge in [0, 0.05) is 6.54 Å². The van der Waals surface area contributed by atoms with Crippen molar-refractivity contribution in [2.75, 3.05) is 19.6 Å². The second kappa shape index (κ2) is 4.73. The predicted molar refractivity (Wildman–Crippen MR) is 48.6 cm³/mol. The van der Waals surface area contributed by atoms with Gasteiger partial charge in [-0.25, -0.2) is 0 Å². The minimum atomic E-state index is 0.666. The minimum absolute atomic E-state index is 0.666. The highest BCUT2D eigenvalue weighted by molar-refractivity contribution is 4.73. The lowest BCUT2D eigenvalue weighted by Crippen LogP contribution is -2.50. The number of hydrogen-bond acceptors (Lipinski definition) is 2. The number of nitrogens with zero attached hydrogens (tertiary/aromatic N) is 1. The van der Waals surface area contributed by atoms with Gasteiger partial charge in [-0.15, -0.1) is 0 Å². The summed E-state index contributed by atoms with van der Waals surface area (Å²) in [7, 11) is 0. The fraction of sp³-hybridized carbons (Fsp3) is 1.00. The predicted octanol–water partition coefficient (Wildman–Crippen LogP) is 1.43. The van der Waals surface area contributed by atoms with E-state index in [4.69, 9.17) is 0 Å². The van der Waals surface area contributed by atoms with Crippen LogP contribution in [0.2, 0.25) is 0 Å². The fourth-order valence-electron chi connectivity index (χ4n) is 1.77. The monoisotopic (exact) mass is 156 g/mol. The van der Waals surface area contributed by atoms with Gasteiger partial charge in [0.1, 0.15) is 0 Å². The Bertz CT molecular complexity index is 102. The summed E-state index contributed by atoms with van der Waals surface area (Å²) in [5.74, 6) is 0. The molecule has 0 amide bonds. The summed E-state index contributed by atoms with van der Waals surface area (Å²) in [5.41, 5.74) is 0. The standard InChI is InChI=1S/C9H20N2/c1-3-6-9-10-7-5-8-11(9)4-2/h9-10H,3-8H2,1-2H3. The van der Waals surface area contributed by atoms with Crippen LogP contribution in [0.3, 0.4) is 0 Å². The average Bonchev–Trinajstić information content (AvgIpc) is 2.06. The summed E-state index contributed by atoms with van der Waals surface area (Å²) >= 11 is 0. The zero-order chi connectivity index (χ0) is 8.10. The number of hydrogen-bond donors (Lipinski definition) is 1. The van der Waals surface area contributed by atoms with Crippen LogP contribution >= 0.6 is 0 Å². The molecule has 0 bridgehead atoms. The Kier molecular flexibility index (Phi) is 3.87. The zero-order valence-corrected chi connectivity index (χ0v) is 7.77. The first-order valence-corrected chi connectivity index (χ1v) is 4.86. The maximum absolute atomic E-state index is 3.55. The zero-order valence-electron chi connectivity index (χ0n) is 7.77.